The maximum absolute atomic E-state index is 13.6. The van der Waals surface area contributed by atoms with Crippen molar-refractivity contribution in [3.05, 3.63) is 23.3 Å². The van der Waals surface area contributed by atoms with Crippen LogP contribution in [0.5, 0.6) is 5.75 Å². The summed E-state index contributed by atoms with van der Waals surface area (Å²) < 4.78 is 49.4. The smallest absolute Gasteiger partial charge is 0.186 e. The van der Waals surface area contributed by atoms with Gasteiger partial charge >= 0.3 is 0 Å². The predicted octanol–water partition coefficient (Wildman–Crippen LogP) is 1.06. The summed E-state index contributed by atoms with van der Waals surface area (Å²) in [5.41, 5.74) is -1.75. The average Bonchev–Trinajstić information content (AvgIpc) is 2.89. The summed E-state index contributed by atoms with van der Waals surface area (Å²) in [7, 11) is -4.12. The highest BCUT2D eigenvalue weighted by molar-refractivity contribution is 7.90. The molecule has 0 amide bonds. The standard InChI is InChI=1S/C10H10F2O4S/c1-17(15,16)9-6(11)4-5(8(13)7(9)12)10(14)2-3-10/h4,13-14H,2-3H2,1H3. The normalized spacial score (nSPS) is 18.1. The fraction of sp³-hybridized carbons (Fsp3) is 0.400. The molecular weight excluding hydrogens is 254 g/mol. The first-order valence-electron chi connectivity index (χ1n) is 4.81. The Bertz CT molecular complexity index is 591. The fourth-order valence-electron chi connectivity index (χ4n) is 1.67. The third kappa shape index (κ3) is 1.89. The number of aliphatic hydroxyl groups is 1. The van der Waals surface area contributed by atoms with Crippen LogP contribution in [0.15, 0.2) is 11.0 Å². The Morgan fingerprint density at radius 3 is 2.29 bits per heavy atom. The number of benzene rings is 1. The van der Waals surface area contributed by atoms with E-state index in [0.29, 0.717) is 12.3 Å². The van der Waals surface area contributed by atoms with Crippen LogP contribution in [0, 0.1) is 11.6 Å². The van der Waals surface area contributed by atoms with Crippen molar-refractivity contribution < 1.29 is 27.4 Å². The molecule has 0 aromatic heterocycles. The SMILES string of the molecule is CS(=O)(=O)c1c(F)cc(C2(O)CC2)c(O)c1F. The summed E-state index contributed by atoms with van der Waals surface area (Å²) in [5, 5.41) is 19.2. The molecule has 1 fully saturated rings. The van der Waals surface area contributed by atoms with Crippen molar-refractivity contribution in [1.82, 2.24) is 0 Å². The molecule has 0 unspecified atom stereocenters. The van der Waals surface area contributed by atoms with Crippen molar-refractivity contribution in [2.75, 3.05) is 6.26 Å². The third-order valence-corrected chi connectivity index (χ3v) is 3.86. The van der Waals surface area contributed by atoms with Gasteiger partial charge in [-0.1, -0.05) is 0 Å². The molecule has 1 aliphatic rings. The molecule has 2 N–H and O–H groups in total. The lowest BCUT2D eigenvalue weighted by Gasteiger charge is -2.13. The minimum atomic E-state index is -4.12. The van der Waals surface area contributed by atoms with Gasteiger partial charge in [-0.05, 0) is 18.9 Å². The van der Waals surface area contributed by atoms with Crippen molar-refractivity contribution in [3.8, 4) is 5.75 Å². The second-order valence-electron chi connectivity index (χ2n) is 4.20. The Morgan fingerprint density at radius 1 is 1.35 bits per heavy atom. The van der Waals surface area contributed by atoms with Crippen LogP contribution in [0.2, 0.25) is 0 Å². The lowest BCUT2D eigenvalue weighted by atomic mass is 10.1. The highest BCUT2D eigenvalue weighted by atomic mass is 32.2. The van der Waals surface area contributed by atoms with Gasteiger partial charge in [-0.3, -0.25) is 0 Å². The largest absolute Gasteiger partial charge is 0.505 e. The summed E-state index contributed by atoms with van der Waals surface area (Å²) >= 11 is 0. The molecule has 4 nitrogen and oxygen atoms in total. The summed E-state index contributed by atoms with van der Waals surface area (Å²) in [5.74, 6) is -3.87. The van der Waals surface area contributed by atoms with Gasteiger partial charge < -0.3 is 10.2 Å². The second kappa shape index (κ2) is 3.39. The van der Waals surface area contributed by atoms with E-state index in [1.165, 1.54) is 0 Å². The van der Waals surface area contributed by atoms with Crippen molar-refractivity contribution in [1.29, 1.82) is 0 Å². The third-order valence-electron chi connectivity index (χ3n) is 2.75. The maximum atomic E-state index is 13.6. The van der Waals surface area contributed by atoms with E-state index < -0.39 is 37.7 Å². The van der Waals surface area contributed by atoms with Crippen LogP contribution >= 0.6 is 0 Å². The van der Waals surface area contributed by atoms with Gasteiger partial charge in [-0.2, -0.15) is 0 Å². The molecule has 0 saturated heterocycles. The van der Waals surface area contributed by atoms with Gasteiger partial charge in [-0.25, -0.2) is 17.2 Å². The predicted molar refractivity (Wildman–Crippen MR) is 54.3 cm³/mol. The number of hydrogen-bond acceptors (Lipinski definition) is 4. The van der Waals surface area contributed by atoms with Gasteiger partial charge in [0, 0.05) is 11.8 Å². The lowest BCUT2D eigenvalue weighted by molar-refractivity contribution is 0.146. The zero-order chi connectivity index (χ0) is 13.0. The maximum Gasteiger partial charge on any atom is 0.186 e. The molecule has 0 radical (unpaired) electrons. The van der Waals surface area contributed by atoms with Gasteiger partial charge in [0.15, 0.2) is 21.4 Å². The molecule has 17 heavy (non-hydrogen) atoms. The molecule has 1 saturated carbocycles. The van der Waals surface area contributed by atoms with Crippen LogP contribution in [0.25, 0.3) is 0 Å². The molecule has 0 aliphatic heterocycles. The Balaban J connectivity index is 2.73. The Labute approximate surface area is 96.4 Å². The first-order valence-corrected chi connectivity index (χ1v) is 6.70. The van der Waals surface area contributed by atoms with E-state index >= 15 is 0 Å². The van der Waals surface area contributed by atoms with Gasteiger partial charge in [0.05, 0.1) is 5.60 Å². The molecule has 0 bridgehead atoms. The minimum Gasteiger partial charge on any atom is -0.505 e. The molecular formula is C10H10F2O4S. The van der Waals surface area contributed by atoms with E-state index in [4.69, 9.17) is 0 Å². The molecule has 7 heteroatoms. The fourth-order valence-corrected chi connectivity index (χ4v) is 2.51. The first kappa shape index (κ1) is 12.3. The quantitative estimate of drug-likeness (QED) is 0.837. The van der Waals surface area contributed by atoms with E-state index in [1.807, 2.05) is 0 Å². The first-order chi connectivity index (χ1) is 7.67. The number of hydrogen-bond donors (Lipinski definition) is 2. The van der Waals surface area contributed by atoms with Gasteiger partial charge in [0.1, 0.15) is 10.7 Å². The van der Waals surface area contributed by atoms with E-state index in [2.05, 4.69) is 0 Å². The van der Waals surface area contributed by atoms with Gasteiger partial charge in [0.2, 0.25) is 0 Å². The van der Waals surface area contributed by atoms with Gasteiger partial charge in [0.25, 0.3) is 0 Å². The molecule has 94 valence electrons. The number of sulfone groups is 1. The zero-order valence-electron chi connectivity index (χ0n) is 8.87. The Hall–Kier alpha value is -1.21. The lowest BCUT2D eigenvalue weighted by Crippen LogP contribution is -2.11. The van der Waals surface area contributed by atoms with E-state index in [9.17, 15) is 27.4 Å². The number of halogens is 2. The van der Waals surface area contributed by atoms with Crippen molar-refractivity contribution >= 4 is 9.84 Å². The number of phenols is 1. The minimum absolute atomic E-state index is 0.275. The van der Waals surface area contributed by atoms with Crippen LogP contribution < -0.4 is 0 Å². The monoisotopic (exact) mass is 264 g/mol. The van der Waals surface area contributed by atoms with Gasteiger partial charge in [-0.15, -0.1) is 0 Å². The van der Waals surface area contributed by atoms with Crippen molar-refractivity contribution in [2.24, 2.45) is 0 Å². The Morgan fingerprint density at radius 2 is 1.88 bits per heavy atom. The van der Waals surface area contributed by atoms with Crippen molar-refractivity contribution in [3.63, 3.8) is 0 Å². The summed E-state index contributed by atoms with van der Waals surface area (Å²) in [6.45, 7) is 0. The highest BCUT2D eigenvalue weighted by Crippen LogP contribution is 2.50. The topological polar surface area (TPSA) is 74.6 Å². The van der Waals surface area contributed by atoms with E-state index in [1.54, 1.807) is 0 Å². The highest BCUT2D eigenvalue weighted by Gasteiger charge is 2.46. The van der Waals surface area contributed by atoms with Crippen LogP contribution in [-0.4, -0.2) is 24.9 Å². The number of phenolic OH excluding ortho intramolecular Hbond substituents is 1. The zero-order valence-corrected chi connectivity index (χ0v) is 9.68. The molecule has 1 aliphatic carbocycles. The van der Waals surface area contributed by atoms with Crippen molar-refractivity contribution in [2.45, 2.75) is 23.3 Å². The molecule has 1 aromatic carbocycles. The second-order valence-corrected chi connectivity index (χ2v) is 6.15. The van der Waals surface area contributed by atoms with E-state index in [-0.39, 0.29) is 18.4 Å². The Kier molecular flexibility index (Phi) is 2.45. The average molecular weight is 264 g/mol. The van der Waals surface area contributed by atoms with Crippen LogP contribution in [0.4, 0.5) is 8.78 Å². The van der Waals surface area contributed by atoms with E-state index in [0.717, 1.165) is 0 Å². The molecule has 0 heterocycles. The van der Waals surface area contributed by atoms with Crippen LogP contribution in [0.3, 0.4) is 0 Å². The summed E-state index contributed by atoms with van der Waals surface area (Å²) in [6, 6.07) is 0.668. The summed E-state index contributed by atoms with van der Waals surface area (Å²) in [4.78, 5) is -1.18. The summed E-state index contributed by atoms with van der Waals surface area (Å²) in [6.07, 6.45) is 1.19. The molecule has 0 spiro atoms. The molecule has 1 aromatic rings. The van der Waals surface area contributed by atoms with Crippen LogP contribution in [-0.2, 0) is 15.4 Å². The number of aromatic hydroxyl groups is 1. The number of rotatable bonds is 2. The molecule has 0 atom stereocenters. The van der Waals surface area contributed by atoms with Crippen LogP contribution in [0.1, 0.15) is 18.4 Å². The molecule has 2 rings (SSSR count).